The molecule has 0 unspecified atom stereocenters. The Morgan fingerprint density at radius 2 is 0.944 bits per heavy atom. The number of carbonyl (C=O) groups excluding carboxylic acids is 1. The largest absolute Gasteiger partial charge is 0.522 e. The minimum absolute atomic E-state index is 0.294. The van der Waals surface area contributed by atoms with Gasteiger partial charge in [0.25, 0.3) is 0 Å². The highest BCUT2D eigenvalue weighted by Crippen LogP contribution is 2.21. The van der Waals surface area contributed by atoms with Gasteiger partial charge in [0.15, 0.2) is 0 Å². The smallest absolute Gasteiger partial charge is 0.375 e. The number of carbonyl (C=O) groups is 1. The van der Waals surface area contributed by atoms with Crippen molar-refractivity contribution in [1.82, 2.24) is 9.97 Å². The lowest BCUT2D eigenvalue weighted by Crippen LogP contribution is -2.17. The van der Waals surface area contributed by atoms with E-state index in [1.165, 1.54) is 11.1 Å². The number of nitrogens with zero attached hydrogens (tertiary/aromatic N) is 2. The zero-order chi connectivity index (χ0) is 24.8. The first-order valence-electron chi connectivity index (χ1n) is 12.6. The quantitative estimate of drug-likeness (QED) is 0.159. The van der Waals surface area contributed by atoms with Crippen molar-refractivity contribution in [2.24, 2.45) is 0 Å². The van der Waals surface area contributed by atoms with Gasteiger partial charge in [0.1, 0.15) is 0 Å². The van der Waals surface area contributed by atoms with Crippen LogP contribution in [0, 0.1) is 0 Å². The lowest BCUT2D eigenvalue weighted by atomic mass is 10.0. The Morgan fingerprint density at radius 1 is 0.528 bits per heavy atom. The number of benzene rings is 2. The van der Waals surface area contributed by atoms with Gasteiger partial charge in [-0.1, -0.05) is 72.8 Å². The van der Waals surface area contributed by atoms with Gasteiger partial charge in [-0.05, 0) is 74.6 Å². The third-order valence-corrected chi connectivity index (χ3v) is 6.07. The molecule has 5 heteroatoms. The van der Waals surface area contributed by atoms with Crippen LogP contribution in [0.1, 0.15) is 47.9 Å². The van der Waals surface area contributed by atoms with Crippen LogP contribution in [0.2, 0.25) is 0 Å². The summed E-state index contributed by atoms with van der Waals surface area (Å²) in [5.41, 5.74) is 4.44. The number of hydrogen-bond acceptors (Lipinski definition) is 5. The fourth-order valence-corrected chi connectivity index (χ4v) is 4.17. The maximum atomic E-state index is 12.6. The van der Waals surface area contributed by atoms with Gasteiger partial charge in [-0.3, -0.25) is 0 Å². The zero-order valence-electron chi connectivity index (χ0n) is 20.5. The molecular formula is C31H32N2O3. The van der Waals surface area contributed by atoms with Crippen LogP contribution in [0.3, 0.4) is 0 Å². The molecule has 0 radical (unpaired) electrons. The molecular weight excluding hydrogens is 448 g/mol. The highest BCUT2D eigenvalue weighted by atomic mass is 16.7. The van der Waals surface area contributed by atoms with Crippen LogP contribution in [0.25, 0.3) is 0 Å². The van der Waals surface area contributed by atoms with Crippen molar-refractivity contribution in [1.29, 1.82) is 0 Å². The van der Waals surface area contributed by atoms with Crippen LogP contribution in [-0.4, -0.2) is 16.1 Å². The second-order valence-electron chi connectivity index (χ2n) is 8.77. The highest BCUT2D eigenvalue weighted by Gasteiger charge is 2.15. The van der Waals surface area contributed by atoms with E-state index in [9.17, 15) is 4.79 Å². The Bertz CT molecular complexity index is 1120. The van der Waals surface area contributed by atoms with Crippen molar-refractivity contribution in [2.75, 3.05) is 0 Å². The van der Waals surface area contributed by atoms with Crippen LogP contribution in [0.15, 0.2) is 97.3 Å². The number of ether oxygens (including phenoxy) is 2. The molecule has 0 saturated heterocycles. The Labute approximate surface area is 213 Å². The molecule has 0 amide bonds. The number of aromatic nitrogens is 2. The molecule has 0 fully saturated rings. The average Bonchev–Trinajstić information content (AvgIpc) is 2.92. The summed E-state index contributed by atoms with van der Waals surface area (Å²) in [5, 5.41) is 0. The summed E-state index contributed by atoms with van der Waals surface area (Å²) in [6.45, 7) is 0. The molecule has 0 aliphatic carbocycles. The first kappa shape index (κ1) is 25.1. The summed E-state index contributed by atoms with van der Waals surface area (Å²) in [7, 11) is 0. The molecule has 4 aromatic rings. The molecule has 0 atom stereocenters. The molecule has 184 valence electrons. The van der Waals surface area contributed by atoms with E-state index in [-0.39, 0.29) is 0 Å². The maximum Gasteiger partial charge on any atom is 0.522 e. The summed E-state index contributed by atoms with van der Waals surface area (Å²) in [6.07, 6.45) is 10.1. The molecule has 0 spiro atoms. The normalized spacial score (nSPS) is 10.7. The monoisotopic (exact) mass is 480 g/mol. The molecule has 36 heavy (non-hydrogen) atoms. The Hall–Kier alpha value is -3.99. The van der Waals surface area contributed by atoms with Crippen molar-refractivity contribution in [2.45, 2.75) is 51.4 Å². The molecule has 2 heterocycles. The van der Waals surface area contributed by atoms with Gasteiger partial charge in [0, 0.05) is 23.5 Å². The fraction of sp³-hybridized carbons (Fsp3) is 0.258. The van der Waals surface area contributed by atoms with Gasteiger partial charge in [-0.2, -0.15) is 0 Å². The molecule has 0 bridgehead atoms. The standard InChI is InChI=1S/C31H32N2O3/c34-31(35-29-27(21-11-23-32-29)19-9-7-17-25-13-3-1-4-14-25)36-30-28(22-12-24-33-30)20-10-8-18-26-15-5-2-6-16-26/h1-6,11-16,21-24H,7-10,17-20H2. The summed E-state index contributed by atoms with van der Waals surface area (Å²) in [5.74, 6) is 0.588. The topological polar surface area (TPSA) is 61.3 Å². The second-order valence-corrected chi connectivity index (χ2v) is 8.77. The van der Waals surface area contributed by atoms with Gasteiger partial charge in [-0.15, -0.1) is 0 Å². The van der Waals surface area contributed by atoms with Gasteiger partial charge in [-0.25, -0.2) is 14.8 Å². The average molecular weight is 481 g/mol. The minimum atomic E-state index is -0.816. The molecule has 0 aliphatic heterocycles. The van der Waals surface area contributed by atoms with Crippen LogP contribution >= 0.6 is 0 Å². The Morgan fingerprint density at radius 3 is 1.39 bits per heavy atom. The molecule has 5 nitrogen and oxygen atoms in total. The van der Waals surface area contributed by atoms with E-state index in [2.05, 4.69) is 58.5 Å². The molecule has 0 N–H and O–H groups in total. The number of rotatable bonds is 12. The number of pyridine rings is 2. The zero-order valence-corrected chi connectivity index (χ0v) is 20.5. The van der Waals surface area contributed by atoms with E-state index in [0.29, 0.717) is 11.8 Å². The van der Waals surface area contributed by atoms with Crippen LogP contribution in [0.5, 0.6) is 11.8 Å². The molecule has 2 aromatic carbocycles. The second kappa shape index (κ2) is 13.8. The molecule has 0 aliphatic rings. The summed E-state index contributed by atoms with van der Waals surface area (Å²) < 4.78 is 11.0. The van der Waals surface area contributed by atoms with E-state index in [1.807, 2.05) is 36.4 Å². The fourth-order valence-electron chi connectivity index (χ4n) is 4.17. The predicted octanol–water partition coefficient (Wildman–Crippen LogP) is 7.19. The summed E-state index contributed by atoms with van der Waals surface area (Å²) in [4.78, 5) is 21.1. The van der Waals surface area contributed by atoms with E-state index >= 15 is 0 Å². The number of aryl methyl sites for hydroxylation is 4. The minimum Gasteiger partial charge on any atom is -0.375 e. The molecule has 4 rings (SSSR count). The molecule has 0 saturated carbocycles. The van der Waals surface area contributed by atoms with E-state index < -0.39 is 6.16 Å². The van der Waals surface area contributed by atoms with E-state index in [1.54, 1.807) is 12.4 Å². The maximum absolute atomic E-state index is 12.6. The first-order chi connectivity index (χ1) is 17.8. The van der Waals surface area contributed by atoms with Crippen molar-refractivity contribution in [3.63, 3.8) is 0 Å². The van der Waals surface area contributed by atoms with Crippen LogP contribution < -0.4 is 9.47 Å². The SMILES string of the molecule is O=C(Oc1ncccc1CCCCc1ccccc1)Oc1ncccc1CCCCc1ccccc1. The van der Waals surface area contributed by atoms with Crippen LogP contribution in [-0.2, 0) is 25.7 Å². The summed E-state index contributed by atoms with van der Waals surface area (Å²) in [6, 6.07) is 28.5. The van der Waals surface area contributed by atoms with Crippen molar-refractivity contribution < 1.29 is 14.3 Å². The highest BCUT2D eigenvalue weighted by molar-refractivity contribution is 5.66. The van der Waals surface area contributed by atoms with Gasteiger partial charge < -0.3 is 9.47 Å². The lowest BCUT2D eigenvalue weighted by Gasteiger charge is -2.11. The van der Waals surface area contributed by atoms with Crippen molar-refractivity contribution >= 4 is 6.16 Å². The van der Waals surface area contributed by atoms with Crippen molar-refractivity contribution in [3.8, 4) is 11.8 Å². The number of hydrogen-bond donors (Lipinski definition) is 0. The van der Waals surface area contributed by atoms with Gasteiger partial charge in [0.05, 0.1) is 0 Å². The predicted molar refractivity (Wildman–Crippen MR) is 141 cm³/mol. The third-order valence-electron chi connectivity index (χ3n) is 6.07. The van der Waals surface area contributed by atoms with Crippen molar-refractivity contribution in [3.05, 3.63) is 120 Å². The van der Waals surface area contributed by atoms with E-state index in [0.717, 1.165) is 62.5 Å². The summed E-state index contributed by atoms with van der Waals surface area (Å²) >= 11 is 0. The van der Waals surface area contributed by atoms with Gasteiger partial charge >= 0.3 is 6.16 Å². The van der Waals surface area contributed by atoms with E-state index in [4.69, 9.17) is 9.47 Å². The Kier molecular flexibility index (Phi) is 9.62. The number of unbranched alkanes of at least 4 members (excludes halogenated alkanes) is 2. The third kappa shape index (κ3) is 8.05. The van der Waals surface area contributed by atoms with Crippen LogP contribution in [0.4, 0.5) is 4.79 Å². The first-order valence-corrected chi connectivity index (χ1v) is 12.6. The Balaban J connectivity index is 1.26. The van der Waals surface area contributed by atoms with Gasteiger partial charge in [0.2, 0.25) is 11.8 Å². The lowest BCUT2D eigenvalue weighted by molar-refractivity contribution is 0.147. The molecule has 2 aromatic heterocycles.